The standard InChI is InChI=1S/C15H16F2N2O/c1-9(10-3-5-11(16)6-4-10)19-14-8-15(20-2)13(18)7-12(14)17/h3-9,19H,18H2,1-2H3. The van der Waals surface area contributed by atoms with Crippen molar-refractivity contribution >= 4 is 11.4 Å². The van der Waals surface area contributed by atoms with E-state index in [2.05, 4.69) is 5.32 Å². The van der Waals surface area contributed by atoms with Crippen LogP contribution in [0.2, 0.25) is 0 Å². The summed E-state index contributed by atoms with van der Waals surface area (Å²) in [6.07, 6.45) is 0. The highest BCUT2D eigenvalue weighted by molar-refractivity contribution is 5.62. The van der Waals surface area contributed by atoms with E-state index in [1.165, 1.54) is 31.4 Å². The first kappa shape index (κ1) is 14.1. The largest absolute Gasteiger partial charge is 0.495 e. The van der Waals surface area contributed by atoms with Crippen molar-refractivity contribution in [1.29, 1.82) is 0 Å². The molecule has 3 N–H and O–H groups in total. The van der Waals surface area contributed by atoms with Crippen LogP contribution in [0.5, 0.6) is 5.75 Å². The maximum Gasteiger partial charge on any atom is 0.148 e. The fraction of sp³-hybridized carbons (Fsp3) is 0.200. The lowest BCUT2D eigenvalue weighted by Gasteiger charge is -2.17. The SMILES string of the molecule is COc1cc(NC(C)c2ccc(F)cc2)c(F)cc1N. The van der Waals surface area contributed by atoms with Crippen molar-refractivity contribution in [2.75, 3.05) is 18.2 Å². The molecule has 106 valence electrons. The summed E-state index contributed by atoms with van der Waals surface area (Å²) in [6, 6.07) is 8.57. The highest BCUT2D eigenvalue weighted by Gasteiger charge is 2.12. The molecule has 0 spiro atoms. The smallest absolute Gasteiger partial charge is 0.148 e. The van der Waals surface area contributed by atoms with Crippen LogP contribution in [-0.4, -0.2) is 7.11 Å². The number of halogens is 2. The zero-order valence-electron chi connectivity index (χ0n) is 11.3. The van der Waals surface area contributed by atoms with Gasteiger partial charge in [-0.3, -0.25) is 0 Å². The van der Waals surface area contributed by atoms with Crippen LogP contribution in [0.4, 0.5) is 20.2 Å². The van der Waals surface area contributed by atoms with Crippen molar-refractivity contribution in [2.45, 2.75) is 13.0 Å². The summed E-state index contributed by atoms with van der Waals surface area (Å²) in [6.45, 7) is 1.86. The van der Waals surface area contributed by atoms with E-state index >= 15 is 0 Å². The highest BCUT2D eigenvalue weighted by atomic mass is 19.1. The van der Waals surface area contributed by atoms with Gasteiger partial charge in [0.05, 0.1) is 18.5 Å². The van der Waals surface area contributed by atoms with Gasteiger partial charge in [0.25, 0.3) is 0 Å². The van der Waals surface area contributed by atoms with Gasteiger partial charge in [0, 0.05) is 18.2 Å². The predicted molar refractivity (Wildman–Crippen MR) is 75.8 cm³/mol. The molecule has 0 amide bonds. The maximum absolute atomic E-state index is 13.8. The van der Waals surface area contributed by atoms with E-state index in [-0.39, 0.29) is 23.2 Å². The number of nitrogens with one attached hydrogen (secondary N) is 1. The van der Waals surface area contributed by atoms with Crippen molar-refractivity contribution in [3.05, 3.63) is 53.6 Å². The molecule has 5 heteroatoms. The fourth-order valence-corrected chi connectivity index (χ4v) is 1.92. The minimum absolute atomic E-state index is 0.182. The first-order valence-electron chi connectivity index (χ1n) is 6.16. The molecule has 2 rings (SSSR count). The molecule has 0 saturated heterocycles. The monoisotopic (exact) mass is 278 g/mol. The molecule has 0 saturated carbocycles. The maximum atomic E-state index is 13.8. The van der Waals surface area contributed by atoms with E-state index in [9.17, 15) is 8.78 Å². The van der Waals surface area contributed by atoms with Gasteiger partial charge in [-0.1, -0.05) is 12.1 Å². The minimum Gasteiger partial charge on any atom is -0.495 e. The Bertz CT molecular complexity index is 600. The zero-order chi connectivity index (χ0) is 14.7. The molecule has 0 radical (unpaired) electrons. The Hall–Kier alpha value is -2.30. The molecule has 0 heterocycles. The molecular weight excluding hydrogens is 262 g/mol. The van der Waals surface area contributed by atoms with Gasteiger partial charge < -0.3 is 15.8 Å². The molecule has 0 aliphatic carbocycles. The number of hydrogen-bond acceptors (Lipinski definition) is 3. The van der Waals surface area contributed by atoms with E-state index in [1.54, 1.807) is 12.1 Å². The fourth-order valence-electron chi connectivity index (χ4n) is 1.92. The van der Waals surface area contributed by atoms with E-state index < -0.39 is 5.82 Å². The molecule has 1 atom stereocenters. The topological polar surface area (TPSA) is 47.3 Å². The second kappa shape index (κ2) is 5.77. The molecule has 0 bridgehead atoms. The summed E-state index contributed by atoms with van der Waals surface area (Å²) in [5, 5.41) is 3.01. The Morgan fingerprint density at radius 2 is 1.80 bits per heavy atom. The number of anilines is 2. The first-order valence-corrected chi connectivity index (χ1v) is 6.16. The minimum atomic E-state index is -0.461. The molecule has 20 heavy (non-hydrogen) atoms. The third-order valence-corrected chi connectivity index (χ3v) is 3.06. The average molecular weight is 278 g/mol. The molecule has 1 unspecified atom stereocenters. The number of nitrogen functional groups attached to an aromatic ring is 1. The number of methoxy groups -OCH3 is 1. The van der Waals surface area contributed by atoms with Crippen LogP contribution in [0.15, 0.2) is 36.4 Å². The lowest BCUT2D eigenvalue weighted by Crippen LogP contribution is -2.08. The van der Waals surface area contributed by atoms with E-state index in [4.69, 9.17) is 10.5 Å². The van der Waals surface area contributed by atoms with Gasteiger partial charge in [0.2, 0.25) is 0 Å². The summed E-state index contributed by atoms with van der Waals surface area (Å²) in [4.78, 5) is 0. The normalized spacial score (nSPS) is 12.0. The van der Waals surface area contributed by atoms with Crippen LogP contribution in [0.3, 0.4) is 0 Å². The van der Waals surface area contributed by atoms with Crippen molar-refractivity contribution in [2.24, 2.45) is 0 Å². The summed E-state index contributed by atoms with van der Waals surface area (Å²) >= 11 is 0. The van der Waals surface area contributed by atoms with Crippen LogP contribution in [-0.2, 0) is 0 Å². The van der Waals surface area contributed by atoms with Crippen LogP contribution < -0.4 is 15.8 Å². The van der Waals surface area contributed by atoms with Crippen molar-refractivity contribution < 1.29 is 13.5 Å². The molecule has 2 aromatic carbocycles. The van der Waals surface area contributed by atoms with Gasteiger partial charge in [0.1, 0.15) is 17.4 Å². The molecule has 0 fully saturated rings. The Morgan fingerprint density at radius 3 is 2.40 bits per heavy atom. The number of hydrogen-bond donors (Lipinski definition) is 2. The molecule has 0 aromatic heterocycles. The number of ether oxygens (including phenoxy) is 1. The van der Waals surface area contributed by atoms with E-state index in [1.807, 2.05) is 6.92 Å². The van der Waals surface area contributed by atoms with E-state index in [0.717, 1.165) is 5.56 Å². The molecule has 2 aromatic rings. The predicted octanol–water partition coefficient (Wildman–Crippen LogP) is 3.73. The number of nitrogens with two attached hydrogens (primary N) is 1. The van der Waals surface area contributed by atoms with Crippen LogP contribution >= 0.6 is 0 Å². The van der Waals surface area contributed by atoms with Crippen molar-refractivity contribution in [1.82, 2.24) is 0 Å². The van der Waals surface area contributed by atoms with Gasteiger partial charge in [0.15, 0.2) is 0 Å². The van der Waals surface area contributed by atoms with Gasteiger partial charge in [-0.25, -0.2) is 8.78 Å². The van der Waals surface area contributed by atoms with E-state index in [0.29, 0.717) is 5.75 Å². The number of rotatable bonds is 4. The zero-order valence-corrected chi connectivity index (χ0v) is 11.3. The summed E-state index contributed by atoms with van der Waals surface area (Å²) in [5.74, 6) is -0.362. The quantitative estimate of drug-likeness (QED) is 0.838. The molecule has 0 aliphatic heterocycles. The lowest BCUT2D eigenvalue weighted by molar-refractivity contribution is 0.416. The van der Waals surface area contributed by atoms with Crippen molar-refractivity contribution in [3.8, 4) is 5.75 Å². The van der Waals surface area contributed by atoms with Crippen LogP contribution in [0, 0.1) is 11.6 Å². The van der Waals surface area contributed by atoms with Crippen molar-refractivity contribution in [3.63, 3.8) is 0 Å². The molecule has 0 aliphatic rings. The Labute approximate surface area is 116 Å². The van der Waals surface area contributed by atoms with Gasteiger partial charge >= 0.3 is 0 Å². The third kappa shape index (κ3) is 2.99. The molecule has 3 nitrogen and oxygen atoms in total. The lowest BCUT2D eigenvalue weighted by atomic mass is 10.1. The Balaban J connectivity index is 2.23. The number of benzene rings is 2. The van der Waals surface area contributed by atoms with Gasteiger partial charge in [-0.15, -0.1) is 0 Å². The van der Waals surface area contributed by atoms with Gasteiger partial charge in [-0.05, 0) is 24.6 Å². The second-order valence-electron chi connectivity index (χ2n) is 4.49. The second-order valence-corrected chi connectivity index (χ2v) is 4.49. The highest BCUT2D eigenvalue weighted by Crippen LogP contribution is 2.30. The third-order valence-electron chi connectivity index (χ3n) is 3.06. The van der Waals surface area contributed by atoms with Crippen LogP contribution in [0.25, 0.3) is 0 Å². The van der Waals surface area contributed by atoms with Crippen LogP contribution in [0.1, 0.15) is 18.5 Å². The Kier molecular flexibility index (Phi) is 4.08. The summed E-state index contributed by atoms with van der Waals surface area (Å²) < 4.78 is 31.8. The average Bonchev–Trinajstić information content (AvgIpc) is 2.42. The Morgan fingerprint density at radius 1 is 1.15 bits per heavy atom. The summed E-state index contributed by atoms with van der Waals surface area (Å²) in [5.41, 5.74) is 7.00. The first-order chi connectivity index (χ1) is 9.51. The summed E-state index contributed by atoms with van der Waals surface area (Å²) in [7, 11) is 1.47. The van der Waals surface area contributed by atoms with Gasteiger partial charge in [-0.2, -0.15) is 0 Å². The molecular formula is C15H16F2N2O.